The predicted molar refractivity (Wildman–Crippen MR) is 71.4 cm³/mol. The van der Waals surface area contributed by atoms with Gasteiger partial charge in [0.2, 0.25) is 0 Å². The van der Waals surface area contributed by atoms with Crippen molar-refractivity contribution in [3.8, 4) is 11.5 Å². The van der Waals surface area contributed by atoms with Crippen LogP contribution < -0.4 is 4.74 Å². The standard InChI is InChI=1S/C15H15NO3/c1-10-6-7-15(14(18)8-10)19-9-12-4-3-5-13(16-12)11(2)17/h3-8,18H,9H2,1-2H3. The zero-order valence-corrected chi connectivity index (χ0v) is 10.9. The molecule has 0 spiro atoms. The number of ketones is 1. The van der Waals surface area contributed by atoms with Crippen LogP contribution in [0.15, 0.2) is 36.4 Å². The van der Waals surface area contributed by atoms with Crippen molar-refractivity contribution in [2.75, 3.05) is 0 Å². The second kappa shape index (κ2) is 5.52. The Morgan fingerprint density at radius 2 is 2.11 bits per heavy atom. The molecule has 1 N–H and O–H groups in total. The smallest absolute Gasteiger partial charge is 0.178 e. The molecule has 0 atom stereocenters. The first-order chi connectivity index (χ1) is 9.06. The number of hydrogen-bond acceptors (Lipinski definition) is 4. The Hall–Kier alpha value is -2.36. The Balaban J connectivity index is 2.10. The minimum atomic E-state index is -0.0833. The van der Waals surface area contributed by atoms with Gasteiger partial charge in [-0.25, -0.2) is 4.98 Å². The van der Waals surface area contributed by atoms with Gasteiger partial charge in [-0.3, -0.25) is 4.79 Å². The molecular weight excluding hydrogens is 242 g/mol. The van der Waals surface area contributed by atoms with E-state index in [0.29, 0.717) is 17.1 Å². The Kier molecular flexibility index (Phi) is 3.80. The number of pyridine rings is 1. The van der Waals surface area contributed by atoms with E-state index in [2.05, 4.69) is 4.98 Å². The molecule has 1 heterocycles. The Morgan fingerprint density at radius 3 is 2.79 bits per heavy atom. The van der Waals surface area contributed by atoms with Gasteiger partial charge in [-0.2, -0.15) is 0 Å². The molecule has 0 saturated heterocycles. The zero-order valence-electron chi connectivity index (χ0n) is 10.9. The number of carbonyl (C=O) groups excluding carboxylic acids is 1. The molecule has 4 heteroatoms. The van der Waals surface area contributed by atoms with Gasteiger partial charge in [0.15, 0.2) is 17.3 Å². The molecule has 0 unspecified atom stereocenters. The minimum Gasteiger partial charge on any atom is -0.504 e. The van der Waals surface area contributed by atoms with E-state index in [1.165, 1.54) is 6.92 Å². The van der Waals surface area contributed by atoms with E-state index in [1.54, 1.807) is 30.3 Å². The van der Waals surface area contributed by atoms with Gasteiger partial charge in [0, 0.05) is 6.92 Å². The lowest BCUT2D eigenvalue weighted by molar-refractivity contribution is 0.101. The number of aromatic nitrogens is 1. The molecule has 4 nitrogen and oxygen atoms in total. The van der Waals surface area contributed by atoms with Crippen molar-refractivity contribution in [1.82, 2.24) is 4.98 Å². The van der Waals surface area contributed by atoms with Crippen LogP contribution >= 0.6 is 0 Å². The number of phenols is 1. The molecule has 2 rings (SSSR count). The van der Waals surface area contributed by atoms with Gasteiger partial charge in [-0.15, -0.1) is 0 Å². The molecule has 19 heavy (non-hydrogen) atoms. The molecule has 1 aromatic carbocycles. The molecular formula is C15H15NO3. The fraction of sp³-hybridized carbons (Fsp3) is 0.200. The van der Waals surface area contributed by atoms with Crippen LogP contribution in [0.25, 0.3) is 0 Å². The van der Waals surface area contributed by atoms with Crippen molar-refractivity contribution in [3.05, 3.63) is 53.3 Å². The minimum absolute atomic E-state index is 0.0833. The highest BCUT2D eigenvalue weighted by atomic mass is 16.5. The molecule has 0 aliphatic heterocycles. The van der Waals surface area contributed by atoms with Crippen LogP contribution in [0.5, 0.6) is 11.5 Å². The fourth-order valence-corrected chi connectivity index (χ4v) is 1.66. The molecule has 0 amide bonds. The summed E-state index contributed by atoms with van der Waals surface area (Å²) < 4.78 is 5.49. The lowest BCUT2D eigenvalue weighted by atomic mass is 10.2. The van der Waals surface area contributed by atoms with Gasteiger partial charge in [-0.1, -0.05) is 12.1 Å². The van der Waals surface area contributed by atoms with Crippen molar-refractivity contribution in [2.24, 2.45) is 0 Å². The lowest BCUT2D eigenvalue weighted by Gasteiger charge is -2.08. The topological polar surface area (TPSA) is 59.4 Å². The quantitative estimate of drug-likeness (QED) is 0.855. The van der Waals surface area contributed by atoms with Crippen LogP contribution in [0, 0.1) is 6.92 Å². The molecule has 98 valence electrons. The van der Waals surface area contributed by atoms with E-state index >= 15 is 0 Å². The predicted octanol–water partition coefficient (Wildman–Crippen LogP) is 2.88. The Bertz CT molecular complexity index is 608. The van der Waals surface area contributed by atoms with Crippen LogP contribution in [0.4, 0.5) is 0 Å². The third kappa shape index (κ3) is 3.31. The summed E-state index contributed by atoms with van der Waals surface area (Å²) in [6, 6.07) is 10.4. The van der Waals surface area contributed by atoms with Crippen molar-refractivity contribution >= 4 is 5.78 Å². The maximum atomic E-state index is 11.2. The molecule has 0 aliphatic rings. The van der Waals surface area contributed by atoms with Crippen LogP contribution in [-0.2, 0) is 6.61 Å². The highest BCUT2D eigenvalue weighted by molar-refractivity contribution is 5.92. The summed E-state index contributed by atoms with van der Waals surface area (Å²) in [5.74, 6) is 0.420. The highest BCUT2D eigenvalue weighted by Crippen LogP contribution is 2.27. The molecule has 2 aromatic rings. The first-order valence-electron chi connectivity index (χ1n) is 5.95. The molecule has 0 aliphatic carbocycles. The number of rotatable bonds is 4. The maximum Gasteiger partial charge on any atom is 0.178 e. The largest absolute Gasteiger partial charge is 0.504 e. The van der Waals surface area contributed by atoms with Gasteiger partial charge < -0.3 is 9.84 Å². The summed E-state index contributed by atoms with van der Waals surface area (Å²) in [4.78, 5) is 15.4. The van der Waals surface area contributed by atoms with Crippen molar-refractivity contribution in [1.29, 1.82) is 0 Å². The van der Waals surface area contributed by atoms with Gasteiger partial charge in [-0.05, 0) is 36.8 Å². The number of Topliss-reactive ketones (excluding diaryl/α,β-unsaturated/α-hetero) is 1. The SMILES string of the molecule is CC(=O)c1cccc(COc2ccc(C)cc2O)n1. The Morgan fingerprint density at radius 1 is 1.32 bits per heavy atom. The summed E-state index contributed by atoms with van der Waals surface area (Å²) in [5, 5.41) is 9.71. The van der Waals surface area contributed by atoms with E-state index in [9.17, 15) is 9.90 Å². The summed E-state index contributed by atoms with van der Waals surface area (Å²) in [6.07, 6.45) is 0. The van der Waals surface area contributed by atoms with E-state index in [4.69, 9.17) is 4.74 Å². The monoisotopic (exact) mass is 257 g/mol. The third-order valence-corrected chi connectivity index (χ3v) is 2.66. The first-order valence-corrected chi connectivity index (χ1v) is 5.95. The van der Waals surface area contributed by atoms with Crippen molar-refractivity contribution in [3.63, 3.8) is 0 Å². The Labute approximate surface area is 111 Å². The summed E-state index contributed by atoms with van der Waals surface area (Å²) >= 11 is 0. The number of ether oxygens (including phenoxy) is 1. The van der Waals surface area contributed by atoms with E-state index in [0.717, 1.165) is 5.56 Å². The van der Waals surface area contributed by atoms with Crippen molar-refractivity contribution < 1.29 is 14.6 Å². The van der Waals surface area contributed by atoms with Gasteiger partial charge >= 0.3 is 0 Å². The second-order valence-corrected chi connectivity index (χ2v) is 4.33. The van der Waals surface area contributed by atoms with Gasteiger partial charge in [0.25, 0.3) is 0 Å². The second-order valence-electron chi connectivity index (χ2n) is 4.33. The average Bonchev–Trinajstić information content (AvgIpc) is 2.38. The third-order valence-electron chi connectivity index (χ3n) is 2.66. The van der Waals surface area contributed by atoms with E-state index in [1.807, 2.05) is 13.0 Å². The molecule has 1 aromatic heterocycles. The summed E-state index contributed by atoms with van der Waals surface area (Å²) in [5.41, 5.74) is 2.02. The first kappa shape index (κ1) is 13.1. The van der Waals surface area contributed by atoms with Gasteiger partial charge in [0.1, 0.15) is 12.3 Å². The molecule has 0 saturated carbocycles. The lowest BCUT2D eigenvalue weighted by Crippen LogP contribution is -2.03. The number of carbonyl (C=O) groups is 1. The number of aromatic hydroxyl groups is 1. The van der Waals surface area contributed by atoms with E-state index < -0.39 is 0 Å². The van der Waals surface area contributed by atoms with Crippen molar-refractivity contribution in [2.45, 2.75) is 20.5 Å². The molecule has 0 radical (unpaired) electrons. The van der Waals surface area contributed by atoms with E-state index in [-0.39, 0.29) is 18.1 Å². The number of hydrogen-bond donors (Lipinski definition) is 1. The number of nitrogens with zero attached hydrogens (tertiary/aromatic N) is 1. The maximum absolute atomic E-state index is 11.2. The van der Waals surface area contributed by atoms with Crippen LogP contribution in [0.3, 0.4) is 0 Å². The van der Waals surface area contributed by atoms with Crippen LogP contribution in [0.2, 0.25) is 0 Å². The van der Waals surface area contributed by atoms with Crippen LogP contribution in [-0.4, -0.2) is 15.9 Å². The highest BCUT2D eigenvalue weighted by Gasteiger charge is 2.05. The zero-order chi connectivity index (χ0) is 13.8. The summed E-state index contributed by atoms with van der Waals surface area (Å²) in [7, 11) is 0. The number of aryl methyl sites for hydroxylation is 1. The number of phenolic OH excluding ortho intramolecular Hbond substituents is 1. The number of benzene rings is 1. The van der Waals surface area contributed by atoms with Gasteiger partial charge in [0.05, 0.1) is 5.69 Å². The molecule has 0 fully saturated rings. The summed E-state index contributed by atoms with van der Waals surface area (Å²) in [6.45, 7) is 3.57. The van der Waals surface area contributed by atoms with Crippen LogP contribution in [0.1, 0.15) is 28.7 Å². The normalized spacial score (nSPS) is 10.2. The average molecular weight is 257 g/mol. The molecule has 0 bridgehead atoms. The fourth-order valence-electron chi connectivity index (χ4n) is 1.66.